The summed E-state index contributed by atoms with van der Waals surface area (Å²) in [6, 6.07) is 20.0. The van der Waals surface area contributed by atoms with Crippen molar-refractivity contribution in [3.05, 3.63) is 93.2 Å². The van der Waals surface area contributed by atoms with Crippen molar-refractivity contribution < 1.29 is 4.79 Å². The topological polar surface area (TPSA) is 64.0 Å². The highest BCUT2D eigenvalue weighted by atomic mass is 35.5. The van der Waals surface area contributed by atoms with Crippen LogP contribution in [0.1, 0.15) is 18.1 Å². The van der Waals surface area contributed by atoms with Crippen LogP contribution in [0.25, 0.3) is 16.6 Å². The van der Waals surface area contributed by atoms with Crippen molar-refractivity contribution in [2.45, 2.75) is 31.2 Å². The summed E-state index contributed by atoms with van der Waals surface area (Å²) in [6.45, 7) is 5.83. The molecule has 0 fully saturated rings. The van der Waals surface area contributed by atoms with Crippen LogP contribution in [0, 0.1) is 13.8 Å². The molecular weight excluding hydrogens is 442 g/mol. The molecule has 1 aromatic heterocycles. The molecule has 0 spiro atoms. The monoisotopic (exact) mass is 463 g/mol. The Morgan fingerprint density at radius 3 is 2.47 bits per heavy atom. The minimum atomic E-state index is -0.489. The average Bonchev–Trinajstić information content (AvgIpc) is 2.77. The Kier molecular flexibility index (Phi) is 6.35. The second-order valence-corrected chi connectivity index (χ2v) is 9.32. The number of benzene rings is 3. The molecule has 0 saturated heterocycles. The molecule has 1 amide bonds. The number of hydrogen-bond donors (Lipinski definition) is 1. The summed E-state index contributed by atoms with van der Waals surface area (Å²) < 4.78 is 1.59. The number of nitrogens with zero attached hydrogens (tertiary/aromatic N) is 2. The van der Waals surface area contributed by atoms with Crippen LogP contribution in [0.15, 0.2) is 76.7 Å². The molecule has 1 atom stereocenters. The Bertz CT molecular complexity index is 1370. The van der Waals surface area contributed by atoms with E-state index in [1.165, 1.54) is 11.8 Å². The molecule has 4 aromatic rings. The summed E-state index contributed by atoms with van der Waals surface area (Å²) in [5.41, 5.74) is 4.04. The zero-order chi connectivity index (χ0) is 22.8. The van der Waals surface area contributed by atoms with Crippen molar-refractivity contribution in [1.82, 2.24) is 9.55 Å². The van der Waals surface area contributed by atoms with Crippen molar-refractivity contribution in [3.63, 3.8) is 0 Å². The maximum absolute atomic E-state index is 13.4. The summed E-state index contributed by atoms with van der Waals surface area (Å²) in [4.78, 5) is 31.0. The summed E-state index contributed by atoms with van der Waals surface area (Å²) in [5.74, 6) is -0.189. The van der Waals surface area contributed by atoms with Gasteiger partial charge in [0.05, 0.1) is 21.8 Å². The second-order valence-electron chi connectivity index (χ2n) is 7.58. The van der Waals surface area contributed by atoms with Crippen LogP contribution < -0.4 is 10.9 Å². The number of anilines is 1. The molecule has 0 bridgehead atoms. The fourth-order valence-corrected chi connectivity index (χ4v) is 4.33. The predicted octanol–water partition coefficient (Wildman–Crippen LogP) is 5.78. The first-order chi connectivity index (χ1) is 15.3. The third-order valence-electron chi connectivity index (χ3n) is 5.26. The third kappa shape index (κ3) is 4.56. The minimum Gasteiger partial charge on any atom is -0.325 e. The molecule has 5 nitrogen and oxygen atoms in total. The Balaban J connectivity index is 1.73. The lowest BCUT2D eigenvalue weighted by Crippen LogP contribution is -2.26. The molecule has 0 aliphatic heterocycles. The van der Waals surface area contributed by atoms with Crippen molar-refractivity contribution in [1.29, 1.82) is 0 Å². The number of thioether (sulfide) groups is 1. The highest BCUT2D eigenvalue weighted by Crippen LogP contribution is 2.27. The third-order valence-corrected chi connectivity index (χ3v) is 6.56. The molecule has 4 rings (SSSR count). The Morgan fingerprint density at radius 2 is 1.75 bits per heavy atom. The molecule has 1 heterocycles. The van der Waals surface area contributed by atoms with E-state index >= 15 is 0 Å². The number of aryl methyl sites for hydroxylation is 2. The van der Waals surface area contributed by atoms with E-state index in [9.17, 15) is 9.59 Å². The molecule has 1 unspecified atom stereocenters. The molecule has 1 N–H and O–H groups in total. The zero-order valence-electron chi connectivity index (χ0n) is 17.9. The molecule has 7 heteroatoms. The number of carbonyl (C=O) groups is 1. The van der Waals surface area contributed by atoms with Crippen LogP contribution in [0.2, 0.25) is 5.02 Å². The summed E-state index contributed by atoms with van der Waals surface area (Å²) in [7, 11) is 0. The first-order valence-electron chi connectivity index (χ1n) is 10.2. The Morgan fingerprint density at radius 1 is 1.03 bits per heavy atom. The average molecular weight is 464 g/mol. The number of amides is 1. The van der Waals surface area contributed by atoms with Gasteiger partial charge in [-0.2, -0.15) is 0 Å². The Hall–Kier alpha value is -3.09. The summed E-state index contributed by atoms with van der Waals surface area (Å²) >= 11 is 7.17. The minimum absolute atomic E-state index is 0.160. The fraction of sp³-hybridized carbons (Fsp3) is 0.160. The number of hydrogen-bond acceptors (Lipinski definition) is 4. The predicted molar refractivity (Wildman–Crippen MR) is 132 cm³/mol. The highest BCUT2D eigenvalue weighted by molar-refractivity contribution is 8.00. The van der Waals surface area contributed by atoms with Gasteiger partial charge in [0.1, 0.15) is 0 Å². The van der Waals surface area contributed by atoms with Crippen LogP contribution in [0.4, 0.5) is 5.69 Å². The van der Waals surface area contributed by atoms with E-state index in [1.54, 1.807) is 41.8 Å². The molecule has 0 saturated carbocycles. The lowest BCUT2D eigenvalue weighted by Gasteiger charge is -2.17. The first-order valence-corrected chi connectivity index (χ1v) is 11.4. The van der Waals surface area contributed by atoms with E-state index in [0.29, 0.717) is 26.8 Å². The number of rotatable bonds is 5. The van der Waals surface area contributed by atoms with Gasteiger partial charge in [-0.1, -0.05) is 41.6 Å². The van der Waals surface area contributed by atoms with Gasteiger partial charge in [-0.25, -0.2) is 4.98 Å². The van der Waals surface area contributed by atoms with Crippen LogP contribution in [0.5, 0.6) is 0 Å². The zero-order valence-corrected chi connectivity index (χ0v) is 19.5. The number of aromatic nitrogens is 2. The number of carbonyl (C=O) groups excluding carboxylic acids is 1. The van der Waals surface area contributed by atoms with Gasteiger partial charge in [-0.3, -0.25) is 14.2 Å². The van der Waals surface area contributed by atoms with Crippen molar-refractivity contribution in [3.8, 4) is 5.69 Å². The Labute approximate surface area is 195 Å². The van der Waals surface area contributed by atoms with Gasteiger partial charge in [0, 0.05) is 10.7 Å². The maximum atomic E-state index is 13.4. The van der Waals surface area contributed by atoms with E-state index in [0.717, 1.165) is 16.8 Å². The SMILES string of the molecule is Cc1ccc(-n2c(SC(C)C(=O)Nc3ccc(Cl)cc3)nc3ccccc3c2=O)cc1C. The van der Waals surface area contributed by atoms with E-state index in [1.807, 2.05) is 50.2 Å². The number of para-hydroxylation sites is 1. The number of nitrogens with one attached hydrogen (secondary N) is 1. The molecule has 0 aliphatic carbocycles. The summed E-state index contributed by atoms with van der Waals surface area (Å²) in [6.07, 6.45) is 0. The normalized spacial score (nSPS) is 12.0. The van der Waals surface area contributed by atoms with Crippen molar-refractivity contribution >= 4 is 45.9 Å². The van der Waals surface area contributed by atoms with E-state index in [4.69, 9.17) is 16.6 Å². The molecular formula is C25H22ClN3O2S. The van der Waals surface area contributed by atoms with E-state index < -0.39 is 5.25 Å². The lowest BCUT2D eigenvalue weighted by atomic mass is 10.1. The summed E-state index contributed by atoms with van der Waals surface area (Å²) in [5, 5.41) is 4.00. The smallest absolute Gasteiger partial charge is 0.266 e. The molecule has 162 valence electrons. The van der Waals surface area contributed by atoms with Crippen molar-refractivity contribution in [2.24, 2.45) is 0 Å². The lowest BCUT2D eigenvalue weighted by molar-refractivity contribution is -0.115. The van der Waals surface area contributed by atoms with Crippen LogP contribution >= 0.6 is 23.4 Å². The number of fused-ring (bicyclic) bond motifs is 1. The van der Waals surface area contributed by atoms with Crippen LogP contribution in [0.3, 0.4) is 0 Å². The number of halogens is 1. The first kappa shape index (κ1) is 22.1. The van der Waals surface area contributed by atoms with Gasteiger partial charge < -0.3 is 5.32 Å². The van der Waals surface area contributed by atoms with Gasteiger partial charge in [0.15, 0.2) is 5.16 Å². The second kappa shape index (κ2) is 9.18. The van der Waals surface area contributed by atoms with Gasteiger partial charge in [-0.15, -0.1) is 0 Å². The van der Waals surface area contributed by atoms with Gasteiger partial charge in [0.2, 0.25) is 5.91 Å². The van der Waals surface area contributed by atoms with E-state index in [2.05, 4.69) is 5.32 Å². The molecule has 32 heavy (non-hydrogen) atoms. The highest BCUT2D eigenvalue weighted by Gasteiger charge is 2.20. The van der Waals surface area contributed by atoms with Gasteiger partial charge in [0.25, 0.3) is 5.56 Å². The quantitative estimate of drug-likeness (QED) is 0.301. The van der Waals surface area contributed by atoms with Crippen molar-refractivity contribution in [2.75, 3.05) is 5.32 Å². The molecule has 3 aromatic carbocycles. The van der Waals surface area contributed by atoms with E-state index in [-0.39, 0.29) is 11.5 Å². The molecule has 0 aliphatic rings. The van der Waals surface area contributed by atoms with Crippen LogP contribution in [-0.2, 0) is 4.79 Å². The maximum Gasteiger partial charge on any atom is 0.266 e. The van der Waals surface area contributed by atoms with Gasteiger partial charge >= 0.3 is 0 Å². The van der Waals surface area contributed by atoms with Crippen LogP contribution in [-0.4, -0.2) is 20.7 Å². The standard InChI is InChI=1S/C25H22ClN3O2S/c1-15-8-13-20(14-16(15)2)29-24(31)21-6-4-5-7-22(21)28-25(29)32-17(3)23(30)27-19-11-9-18(26)10-12-19/h4-14,17H,1-3H3,(H,27,30). The fourth-order valence-electron chi connectivity index (χ4n) is 3.27. The van der Waals surface area contributed by atoms with Gasteiger partial charge in [-0.05, 0) is 80.4 Å². The molecule has 0 radical (unpaired) electrons. The largest absolute Gasteiger partial charge is 0.325 e.